The number of H-pyrrole nitrogens is 1. The summed E-state index contributed by atoms with van der Waals surface area (Å²) in [5, 5.41) is 21.8. The van der Waals surface area contributed by atoms with Crippen LogP contribution in [0.5, 0.6) is 0 Å². The largest absolute Gasteiger partial charge is 0.504 e. The maximum atomic E-state index is 12.2. The van der Waals surface area contributed by atoms with Crippen molar-refractivity contribution in [2.24, 2.45) is 0 Å². The lowest BCUT2D eigenvalue weighted by atomic mass is 10.1. The van der Waals surface area contributed by atoms with Crippen molar-refractivity contribution in [1.29, 1.82) is 0 Å². The third kappa shape index (κ3) is 2.40. The molecule has 2 N–H and O–H groups in total. The van der Waals surface area contributed by atoms with E-state index in [9.17, 15) is 9.90 Å². The molecular weight excluding hydrogens is 294 g/mol. The highest BCUT2D eigenvalue weighted by Crippen LogP contribution is 2.30. The summed E-state index contributed by atoms with van der Waals surface area (Å²) in [6.07, 6.45) is 2.42. The number of aromatic nitrogens is 3. The van der Waals surface area contributed by atoms with Gasteiger partial charge in [-0.2, -0.15) is 16.4 Å². The normalized spacial score (nSPS) is 11.7. The van der Waals surface area contributed by atoms with Crippen LogP contribution >= 0.6 is 22.7 Å². The number of carbonyl (C=O) groups is 1. The first kappa shape index (κ1) is 12.8. The molecule has 0 radical (unpaired) electrons. The smallest absolute Gasteiger partial charge is 0.200 e. The summed E-state index contributed by atoms with van der Waals surface area (Å²) in [5.74, 6) is -0.306. The number of aromatic amines is 1. The van der Waals surface area contributed by atoms with Crippen molar-refractivity contribution in [3.05, 3.63) is 51.4 Å². The fraction of sp³-hybridized carbons (Fsp3) is 0. The summed E-state index contributed by atoms with van der Waals surface area (Å²) in [5.41, 5.74) is 1.88. The lowest BCUT2D eigenvalue weighted by Crippen LogP contribution is -1.96. The zero-order valence-electron chi connectivity index (χ0n) is 10.1. The monoisotopic (exact) mass is 303 g/mol. The van der Waals surface area contributed by atoms with Crippen molar-refractivity contribution in [3.8, 4) is 11.1 Å². The van der Waals surface area contributed by atoms with Crippen molar-refractivity contribution in [2.45, 2.75) is 0 Å². The molecule has 7 heteroatoms. The van der Waals surface area contributed by atoms with E-state index < -0.39 is 0 Å². The number of aliphatic hydroxyl groups excluding tert-OH is 1. The number of rotatable bonds is 4. The number of nitrogens with zero attached hydrogens (tertiary/aromatic N) is 2. The lowest BCUT2D eigenvalue weighted by Gasteiger charge is -1.98. The molecule has 100 valence electrons. The molecule has 0 atom stereocenters. The molecule has 0 aliphatic carbocycles. The number of carbonyl (C=O) groups excluding carboxylic acids is 1. The maximum Gasteiger partial charge on any atom is 0.200 e. The average Bonchev–Trinajstić information content (AvgIpc) is 3.19. The molecule has 5 nitrogen and oxygen atoms in total. The van der Waals surface area contributed by atoms with E-state index in [-0.39, 0.29) is 17.4 Å². The number of hydrogen-bond acceptors (Lipinski definition) is 6. The molecule has 3 heterocycles. The highest BCUT2D eigenvalue weighted by atomic mass is 32.1. The van der Waals surface area contributed by atoms with Crippen LogP contribution in [0, 0.1) is 0 Å². The Morgan fingerprint density at radius 3 is 2.95 bits per heavy atom. The quantitative estimate of drug-likeness (QED) is 0.440. The minimum atomic E-state index is -0.255. The van der Waals surface area contributed by atoms with E-state index in [2.05, 4.69) is 15.2 Å². The van der Waals surface area contributed by atoms with Gasteiger partial charge in [0.25, 0.3) is 0 Å². The van der Waals surface area contributed by atoms with Crippen molar-refractivity contribution in [1.82, 2.24) is 15.2 Å². The zero-order chi connectivity index (χ0) is 13.9. The summed E-state index contributed by atoms with van der Waals surface area (Å²) in [6.45, 7) is 0. The second-order valence-electron chi connectivity index (χ2n) is 3.90. The highest BCUT2D eigenvalue weighted by molar-refractivity contribution is 7.13. The molecule has 3 aromatic rings. The van der Waals surface area contributed by atoms with Crippen molar-refractivity contribution in [3.63, 3.8) is 0 Å². The van der Waals surface area contributed by atoms with Gasteiger partial charge in [-0.05, 0) is 33.8 Å². The van der Waals surface area contributed by atoms with Gasteiger partial charge in [0.15, 0.2) is 17.4 Å². The number of ketones is 1. The van der Waals surface area contributed by atoms with Gasteiger partial charge in [0.1, 0.15) is 6.33 Å². The Bertz CT molecular complexity index is 743. The van der Waals surface area contributed by atoms with Crippen LogP contribution in [0.3, 0.4) is 0 Å². The zero-order valence-corrected chi connectivity index (χ0v) is 11.7. The van der Waals surface area contributed by atoms with Gasteiger partial charge < -0.3 is 5.11 Å². The van der Waals surface area contributed by atoms with Crippen LogP contribution in [0.25, 0.3) is 16.9 Å². The molecule has 0 aliphatic rings. The van der Waals surface area contributed by atoms with Crippen LogP contribution in [-0.4, -0.2) is 26.1 Å². The van der Waals surface area contributed by atoms with Gasteiger partial charge in [-0.1, -0.05) is 0 Å². The number of allylic oxidation sites excluding steroid dienone is 1. The van der Waals surface area contributed by atoms with Crippen molar-refractivity contribution >= 4 is 34.2 Å². The van der Waals surface area contributed by atoms with E-state index >= 15 is 0 Å². The minimum absolute atomic E-state index is 0.173. The summed E-state index contributed by atoms with van der Waals surface area (Å²) in [6, 6.07) is 3.86. The number of aliphatic hydroxyl groups is 1. The third-order valence-electron chi connectivity index (χ3n) is 2.65. The van der Waals surface area contributed by atoms with Gasteiger partial charge in [-0.3, -0.25) is 9.89 Å². The van der Waals surface area contributed by atoms with Gasteiger partial charge in [0.05, 0.1) is 4.88 Å². The van der Waals surface area contributed by atoms with E-state index in [1.165, 1.54) is 17.7 Å². The molecule has 0 saturated carbocycles. The highest BCUT2D eigenvalue weighted by Gasteiger charge is 2.15. The van der Waals surface area contributed by atoms with Crippen LogP contribution in [0.1, 0.15) is 15.5 Å². The molecular formula is C13H9N3O2S2. The Morgan fingerprint density at radius 1 is 1.35 bits per heavy atom. The standard InChI is InChI=1S/C13H9N3O2S2/c17-10(5-11(18)13-14-7-15-16-13)12-9(2-4-20-12)8-1-3-19-6-8/h1-7,18H,(H,14,15,16). The van der Waals surface area contributed by atoms with Gasteiger partial charge in [-0.25, -0.2) is 4.98 Å². The molecule has 0 unspecified atom stereocenters. The van der Waals surface area contributed by atoms with Gasteiger partial charge in [-0.15, -0.1) is 11.3 Å². The van der Waals surface area contributed by atoms with E-state index in [0.29, 0.717) is 4.88 Å². The maximum absolute atomic E-state index is 12.2. The molecule has 0 aliphatic heterocycles. The van der Waals surface area contributed by atoms with Crippen LogP contribution < -0.4 is 0 Å². The first-order chi connectivity index (χ1) is 9.75. The summed E-state index contributed by atoms with van der Waals surface area (Å²) in [7, 11) is 0. The Kier molecular flexibility index (Phi) is 3.44. The predicted molar refractivity (Wildman–Crippen MR) is 79.0 cm³/mol. The molecule has 3 rings (SSSR count). The summed E-state index contributed by atoms with van der Waals surface area (Å²) < 4.78 is 0. The molecule has 3 aromatic heterocycles. The van der Waals surface area contributed by atoms with Gasteiger partial charge in [0, 0.05) is 11.6 Å². The van der Waals surface area contributed by atoms with E-state index in [1.807, 2.05) is 28.3 Å². The molecule has 20 heavy (non-hydrogen) atoms. The van der Waals surface area contributed by atoms with E-state index in [4.69, 9.17) is 0 Å². The van der Waals surface area contributed by atoms with Crippen molar-refractivity contribution in [2.75, 3.05) is 0 Å². The van der Waals surface area contributed by atoms with E-state index in [1.54, 1.807) is 11.3 Å². The van der Waals surface area contributed by atoms with Crippen LogP contribution in [0.2, 0.25) is 0 Å². The first-order valence-corrected chi connectivity index (χ1v) is 7.49. The second-order valence-corrected chi connectivity index (χ2v) is 5.60. The van der Waals surface area contributed by atoms with Crippen LogP contribution in [0.15, 0.2) is 40.7 Å². The molecule has 0 fully saturated rings. The average molecular weight is 303 g/mol. The van der Waals surface area contributed by atoms with Gasteiger partial charge in [0.2, 0.25) is 0 Å². The topological polar surface area (TPSA) is 78.9 Å². The van der Waals surface area contributed by atoms with E-state index in [0.717, 1.165) is 17.2 Å². The first-order valence-electron chi connectivity index (χ1n) is 5.66. The van der Waals surface area contributed by atoms with Crippen LogP contribution in [-0.2, 0) is 0 Å². The summed E-state index contributed by atoms with van der Waals surface area (Å²) >= 11 is 2.92. The molecule has 0 spiro atoms. The third-order valence-corrected chi connectivity index (χ3v) is 4.26. The molecule has 0 aromatic carbocycles. The van der Waals surface area contributed by atoms with Crippen LogP contribution in [0.4, 0.5) is 0 Å². The molecule has 0 saturated heterocycles. The van der Waals surface area contributed by atoms with Crippen molar-refractivity contribution < 1.29 is 9.90 Å². The second kappa shape index (κ2) is 5.40. The fourth-order valence-corrected chi connectivity index (χ4v) is 3.22. The Labute approximate surface area is 122 Å². The predicted octanol–water partition coefficient (Wildman–Crippen LogP) is 3.38. The SMILES string of the molecule is O=C(C=C(O)c1ncn[nH]1)c1sccc1-c1ccsc1. The Hall–Kier alpha value is -2.25. The Balaban J connectivity index is 1.93. The lowest BCUT2D eigenvalue weighted by molar-refractivity contribution is 0.105. The van der Waals surface area contributed by atoms with Gasteiger partial charge >= 0.3 is 0 Å². The molecule has 0 bridgehead atoms. The Morgan fingerprint density at radius 2 is 2.25 bits per heavy atom. The minimum Gasteiger partial charge on any atom is -0.504 e. The fourth-order valence-electron chi connectivity index (χ4n) is 1.73. The number of hydrogen-bond donors (Lipinski definition) is 2. The molecule has 0 amide bonds. The number of nitrogens with one attached hydrogen (secondary N) is 1. The number of thiophene rings is 2. The summed E-state index contributed by atoms with van der Waals surface area (Å²) in [4.78, 5) is 16.6.